The molecule has 0 unspecified atom stereocenters. The lowest BCUT2D eigenvalue weighted by molar-refractivity contribution is -0.150. The van der Waals surface area contributed by atoms with Crippen LogP contribution in [0.1, 0.15) is 24.2 Å². The fraction of sp³-hybridized carbons (Fsp3) is 0.333. The van der Waals surface area contributed by atoms with Gasteiger partial charge < -0.3 is 9.47 Å². The minimum Gasteiger partial charge on any atom is -0.478 e. The molecule has 0 aliphatic heterocycles. The molecule has 0 aromatic heterocycles. The zero-order valence-electron chi connectivity index (χ0n) is 9.60. The van der Waals surface area contributed by atoms with Crippen LogP contribution in [-0.2, 0) is 9.53 Å². The van der Waals surface area contributed by atoms with E-state index in [-0.39, 0.29) is 0 Å². The first-order valence-corrected chi connectivity index (χ1v) is 5.95. The van der Waals surface area contributed by atoms with Gasteiger partial charge >= 0.3 is 5.97 Å². The molecular weight excluding hydrogens is 288 g/mol. The highest BCUT2D eigenvalue weighted by Gasteiger charge is 2.16. The molecule has 1 aromatic rings. The number of ether oxygens (including phenoxy) is 2. The van der Waals surface area contributed by atoms with Crippen LogP contribution in [0.4, 0.5) is 0 Å². The molecule has 1 aromatic carbocycles. The van der Waals surface area contributed by atoms with Crippen LogP contribution in [0.3, 0.4) is 0 Å². The fourth-order valence-electron chi connectivity index (χ4n) is 1.18. The second-order valence-corrected chi connectivity index (χ2v) is 4.17. The molecule has 92 valence electrons. The van der Waals surface area contributed by atoms with Crippen molar-refractivity contribution < 1.29 is 19.1 Å². The molecule has 0 amide bonds. The third-order valence-electron chi connectivity index (χ3n) is 2.01. The van der Waals surface area contributed by atoms with Crippen LogP contribution < -0.4 is 4.74 Å². The Kier molecular flexibility index (Phi) is 5.15. The zero-order chi connectivity index (χ0) is 12.8. The maximum Gasteiger partial charge on any atom is 0.347 e. The van der Waals surface area contributed by atoms with Gasteiger partial charge in [-0.1, -0.05) is 0 Å². The Balaban J connectivity index is 2.74. The Morgan fingerprint density at radius 2 is 2.24 bits per heavy atom. The predicted octanol–water partition coefficient (Wildman–Crippen LogP) is 2.59. The van der Waals surface area contributed by atoms with Crippen LogP contribution in [0.25, 0.3) is 0 Å². The molecule has 0 spiro atoms. The van der Waals surface area contributed by atoms with Crippen molar-refractivity contribution >= 4 is 28.2 Å². The van der Waals surface area contributed by atoms with Crippen LogP contribution in [0.5, 0.6) is 5.75 Å². The van der Waals surface area contributed by atoms with E-state index in [2.05, 4.69) is 15.9 Å². The monoisotopic (exact) mass is 300 g/mol. The molecule has 0 saturated heterocycles. The van der Waals surface area contributed by atoms with E-state index in [0.29, 0.717) is 22.4 Å². The van der Waals surface area contributed by atoms with E-state index < -0.39 is 12.1 Å². The number of hydrogen-bond donors (Lipinski definition) is 0. The molecule has 4 nitrogen and oxygen atoms in total. The smallest absolute Gasteiger partial charge is 0.347 e. The van der Waals surface area contributed by atoms with Crippen molar-refractivity contribution in [2.75, 3.05) is 6.61 Å². The van der Waals surface area contributed by atoms with E-state index in [0.717, 1.165) is 6.29 Å². The summed E-state index contributed by atoms with van der Waals surface area (Å²) in [7, 11) is 0. The molecule has 0 aliphatic rings. The van der Waals surface area contributed by atoms with Crippen molar-refractivity contribution in [3.8, 4) is 5.75 Å². The number of esters is 1. The molecule has 0 fully saturated rings. The number of carbonyl (C=O) groups excluding carboxylic acids is 2. The van der Waals surface area contributed by atoms with Gasteiger partial charge in [-0.15, -0.1) is 0 Å². The van der Waals surface area contributed by atoms with Gasteiger partial charge in [-0.05, 0) is 48.0 Å². The summed E-state index contributed by atoms with van der Waals surface area (Å²) in [4.78, 5) is 21.9. The van der Waals surface area contributed by atoms with Gasteiger partial charge in [0, 0.05) is 5.56 Å². The van der Waals surface area contributed by atoms with Gasteiger partial charge in [-0.25, -0.2) is 4.79 Å². The van der Waals surface area contributed by atoms with Crippen molar-refractivity contribution in [3.63, 3.8) is 0 Å². The molecular formula is C12H13BrO4. The van der Waals surface area contributed by atoms with Gasteiger partial charge in [0.1, 0.15) is 12.0 Å². The molecule has 5 heteroatoms. The standard InChI is InChI=1S/C12H13BrO4/c1-3-16-12(15)8(2)17-11-5-4-9(7-14)6-10(11)13/h4-8H,3H2,1-2H3/t8-/m1/s1. The number of hydrogen-bond acceptors (Lipinski definition) is 4. The number of aldehydes is 1. The minimum atomic E-state index is -0.687. The van der Waals surface area contributed by atoms with Gasteiger partial charge in [-0.2, -0.15) is 0 Å². The molecule has 0 bridgehead atoms. The van der Waals surface area contributed by atoms with E-state index >= 15 is 0 Å². The van der Waals surface area contributed by atoms with Crippen LogP contribution in [0, 0.1) is 0 Å². The summed E-state index contributed by atoms with van der Waals surface area (Å²) in [6.07, 6.45) is 0.0527. The van der Waals surface area contributed by atoms with Crippen molar-refractivity contribution in [3.05, 3.63) is 28.2 Å². The average Bonchev–Trinajstić information content (AvgIpc) is 2.31. The fourth-order valence-corrected chi connectivity index (χ4v) is 1.67. The first-order valence-electron chi connectivity index (χ1n) is 5.16. The average molecular weight is 301 g/mol. The number of benzene rings is 1. The van der Waals surface area contributed by atoms with E-state index in [4.69, 9.17) is 9.47 Å². The Morgan fingerprint density at radius 3 is 2.76 bits per heavy atom. The Labute approximate surface area is 108 Å². The van der Waals surface area contributed by atoms with Gasteiger partial charge in [-0.3, -0.25) is 4.79 Å². The summed E-state index contributed by atoms with van der Waals surface area (Å²) in [5.74, 6) is 0.0787. The summed E-state index contributed by atoms with van der Waals surface area (Å²) in [6.45, 7) is 3.66. The second kappa shape index (κ2) is 6.39. The highest BCUT2D eigenvalue weighted by molar-refractivity contribution is 9.10. The first-order chi connectivity index (χ1) is 8.08. The lowest BCUT2D eigenvalue weighted by Crippen LogP contribution is -2.26. The Bertz CT molecular complexity index is 417. The zero-order valence-corrected chi connectivity index (χ0v) is 11.2. The highest BCUT2D eigenvalue weighted by atomic mass is 79.9. The number of carbonyl (C=O) groups is 2. The van der Waals surface area contributed by atoms with E-state index in [1.54, 1.807) is 32.0 Å². The predicted molar refractivity (Wildman–Crippen MR) is 66.3 cm³/mol. The molecule has 0 N–H and O–H groups in total. The summed E-state index contributed by atoms with van der Waals surface area (Å²) < 4.78 is 10.9. The third-order valence-corrected chi connectivity index (χ3v) is 2.63. The van der Waals surface area contributed by atoms with Gasteiger partial charge in [0.05, 0.1) is 11.1 Å². The SMILES string of the molecule is CCOC(=O)[C@@H](C)Oc1ccc(C=O)cc1Br. The van der Waals surface area contributed by atoms with Crippen molar-refractivity contribution in [1.82, 2.24) is 0 Å². The third kappa shape index (κ3) is 3.85. The molecule has 0 aliphatic carbocycles. The highest BCUT2D eigenvalue weighted by Crippen LogP contribution is 2.26. The summed E-state index contributed by atoms with van der Waals surface area (Å²) in [5, 5.41) is 0. The quantitative estimate of drug-likeness (QED) is 0.619. The van der Waals surface area contributed by atoms with Gasteiger partial charge in [0.2, 0.25) is 0 Å². The molecule has 1 rings (SSSR count). The normalized spacial score (nSPS) is 11.7. The minimum absolute atomic E-state index is 0.317. The van der Waals surface area contributed by atoms with Gasteiger partial charge in [0.25, 0.3) is 0 Å². The van der Waals surface area contributed by atoms with Crippen LogP contribution in [0.15, 0.2) is 22.7 Å². The summed E-state index contributed by atoms with van der Waals surface area (Å²) in [5.41, 5.74) is 0.535. The first kappa shape index (κ1) is 13.7. The summed E-state index contributed by atoms with van der Waals surface area (Å²) >= 11 is 3.27. The Hall–Kier alpha value is -1.36. The molecule has 0 heterocycles. The van der Waals surface area contributed by atoms with Crippen molar-refractivity contribution in [1.29, 1.82) is 0 Å². The Morgan fingerprint density at radius 1 is 1.53 bits per heavy atom. The van der Waals surface area contributed by atoms with Crippen LogP contribution in [0.2, 0.25) is 0 Å². The number of rotatable bonds is 5. The molecule has 0 radical (unpaired) electrons. The van der Waals surface area contributed by atoms with Crippen molar-refractivity contribution in [2.24, 2.45) is 0 Å². The number of halogens is 1. The van der Waals surface area contributed by atoms with Crippen molar-refractivity contribution in [2.45, 2.75) is 20.0 Å². The maximum absolute atomic E-state index is 11.4. The largest absolute Gasteiger partial charge is 0.478 e. The topological polar surface area (TPSA) is 52.6 Å². The molecule has 0 saturated carbocycles. The van der Waals surface area contributed by atoms with E-state index in [1.165, 1.54) is 0 Å². The van der Waals surface area contributed by atoms with E-state index in [9.17, 15) is 9.59 Å². The lowest BCUT2D eigenvalue weighted by Gasteiger charge is -2.14. The lowest BCUT2D eigenvalue weighted by atomic mass is 10.2. The second-order valence-electron chi connectivity index (χ2n) is 3.32. The molecule has 17 heavy (non-hydrogen) atoms. The van der Waals surface area contributed by atoms with E-state index in [1.807, 2.05) is 0 Å². The maximum atomic E-state index is 11.4. The summed E-state index contributed by atoms with van der Waals surface area (Å²) in [6, 6.07) is 4.87. The van der Waals surface area contributed by atoms with Gasteiger partial charge in [0.15, 0.2) is 6.10 Å². The molecule has 1 atom stereocenters. The van der Waals surface area contributed by atoms with Crippen LogP contribution in [-0.4, -0.2) is 25.0 Å². The van der Waals surface area contributed by atoms with Crippen LogP contribution >= 0.6 is 15.9 Å².